The molecule has 3 heteroatoms. The van der Waals surface area contributed by atoms with Crippen molar-refractivity contribution in [2.75, 3.05) is 0 Å². The second-order valence-corrected chi connectivity index (χ2v) is 13.9. The predicted octanol–water partition coefficient (Wildman–Crippen LogP) is 11.1. The molecule has 6 rings (SSSR count). The van der Waals surface area contributed by atoms with Crippen LogP contribution in [-0.2, 0) is 11.8 Å². The third-order valence-electron chi connectivity index (χ3n) is 7.66. The Morgan fingerprint density at radius 2 is 1.58 bits per heavy atom. The lowest BCUT2D eigenvalue weighted by atomic mass is 9.81. The van der Waals surface area contributed by atoms with Crippen LogP contribution in [0.5, 0.6) is 0 Å². The molecule has 0 aliphatic carbocycles. The molecule has 3 heterocycles. The zero-order valence-corrected chi connectivity index (χ0v) is 24.0. The summed E-state index contributed by atoms with van der Waals surface area (Å²) in [5, 5.41) is 10.2. The maximum Gasteiger partial charge on any atom is 0.0348 e. The quantitative estimate of drug-likeness (QED) is 0.203. The fraction of sp³-hybridized carbons (Fsp3) is 0.273. The van der Waals surface area contributed by atoms with Crippen LogP contribution < -0.4 is 0 Å². The van der Waals surface area contributed by atoms with E-state index in [4.69, 9.17) is 0 Å². The number of hydrogen-bond acceptors (Lipinski definition) is 3. The molecule has 0 radical (unpaired) electrons. The molecule has 1 atom stereocenters. The summed E-state index contributed by atoms with van der Waals surface area (Å²) in [6, 6.07) is 25.4. The van der Waals surface area contributed by atoms with Gasteiger partial charge in [-0.15, -0.1) is 34.0 Å². The Kier molecular flexibility index (Phi) is 6.06. The van der Waals surface area contributed by atoms with Gasteiger partial charge in [0.2, 0.25) is 0 Å². The average Bonchev–Trinajstić information content (AvgIpc) is 3.59. The van der Waals surface area contributed by atoms with Crippen LogP contribution >= 0.6 is 34.0 Å². The zero-order valence-electron chi connectivity index (χ0n) is 21.6. The Bertz CT molecular complexity index is 1690. The topological polar surface area (TPSA) is 0 Å². The molecule has 3 aromatic heterocycles. The van der Waals surface area contributed by atoms with Crippen LogP contribution in [0, 0.1) is 0 Å². The molecule has 0 fully saturated rings. The third kappa shape index (κ3) is 4.12. The second kappa shape index (κ2) is 9.13. The molecule has 0 spiro atoms. The van der Waals surface area contributed by atoms with Crippen molar-refractivity contribution in [1.82, 2.24) is 0 Å². The minimum absolute atomic E-state index is 0.0251. The normalized spacial score (nSPS) is 13.4. The molecule has 0 aliphatic rings. The van der Waals surface area contributed by atoms with Crippen molar-refractivity contribution in [1.29, 1.82) is 0 Å². The minimum atomic E-state index is -0.0251. The van der Waals surface area contributed by atoms with Gasteiger partial charge >= 0.3 is 0 Å². The van der Waals surface area contributed by atoms with Gasteiger partial charge in [0.05, 0.1) is 0 Å². The van der Waals surface area contributed by atoms with E-state index in [1.807, 2.05) is 34.0 Å². The van der Waals surface area contributed by atoms with E-state index >= 15 is 0 Å². The predicted molar refractivity (Wildman–Crippen MR) is 164 cm³/mol. The lowest BCUT2D eigenvalue weighted by Gasteiger charge is -2.25. The highest BCUT2D eigenvalue weighted by atomic mass is 32.1. The Balaban J connectivity index is 1.28. The van der Waals surface area contributed by atoms with Gasteiger partial charge in [0.25, 0.3) is 0 Å². The number of thiophene rings is 3. The van der Waals surface area contributed by atoms with Crippen LogP contribution in [0.3, 0.4) is 0 Å². The Hall–Kier alpha value is -2.46. The van der Waals surface area contributed by atoms with E-state index in [1.165, 1.54) is 57.4 Å². The number of fused-ring (bicyclic) bond motifs is 3. The SMILES string of the molecule is CC(C)c1csc2cc(CC(C)c3cc4ccc(C(C)(C)c5scc6ccccc56)cc4s3)ccc12. The van der Waals surface area contributed by atoms with E-state index in [1.54, 1.807) is 0 Å². The zero-order chi connectivity index (χ0) is 25.0. The van der Waals surface area contributed by atoms with E-state index in [9.17, 15) is 0 Å². The van der Waals surface area contributed by atoms with E-state index in [-0.39, 0.29) is 5.41 Å². The van der Waals surface area contributed by atoms with E-state index in [2.05, 4.69) is 112 Å². The third-order valence-corrected chi connectivity index (χ3v) is 11.3. The van der Waals surface area contributed by atoms with Crippen molar-refractivity contribution in [2.24, 2.45) is 0 Å². The van der Waals surface area contributed by atoms with Crippen LogP contribution in [0.1, 0.15) is 72.9 Å². The summed E-state index contributed by atoms with van der Waals surface area (Å²) < 4.78 is 2.83. The van der Waals surface area contributed by atoms with Gasteiger partial charge < -0.3 is 0 Å². The van der Waals surface area contributed by atoms with Crippen molar-refractivity contribution < 1.29 is 0 Å². The van der Waals surface area contributed by atoms with E-state index < -0.39 is 0 Å². The molecular formula is C33H32S3. The van der Waals surface area contributed by atoms with Gasteiger partial charge in [0, 0.05) is 24.6 Å². The first-order valence-electron chi connectivity index (χ1n) is 12.8. The van der Waals surface area contributed by atoms with Gasteiger partial charge in [-0.2, -0.15) is 0 Å². The number of benzene rings is 3. The van der Waals surface area contributed by atoms with Crippen molar-refractivity contribution in [3.05, 3.63) is 104 Å². The molecule has 0 amide bonds. The van der Waals surface area contributed by atoms with Gasteiger partial charge in [-0.05, 0) is 85.5 Å². The lowest BCUT2D eigenvalue weighted by molar-refractivity contribution is 0.662. The molecule has 0 N–H and O–H groups in total. The Morgan fingerprint density at radius 3 is 2.42 bits per heavy atom. The summed E-state index contributed by atoms with van der Waals surface area (Å²) in [6.07, 6.45) is 1.08. The summed E-state index contributed by atoms with van der Waals surface area (Å²) in [4.78, 5) is 2.93. The molecule has 0 bridgehead atoms. The van der Waals surface area contributed by atoms with Gasteiger partial charge in [-0.25, -0.2) is 0 Å². The highest BCUT2D eigenvalue weighted by molar-refractivity contribution is 7.19. The van der Waals surface area contributed by atoms with Crippen LogP contribution in [0.15, 0.2) is 77.5 Å². The van der Waals surface area contributed by atoms with Gasteiger partial charge in [0.15, 0.2) is 0 Å². The van der Waals surface area contributed by atoms with Crippen molar-refractivity contribution in [2.45, 2.75) is 58.3 Å². The average molecular weight is 525 g/mol. The van der Waals surface area contributed by atoms with Crippen LogP contribution in [0.2, 0.25) is 0 Å². The summed E-state index contributed by atoms with van der Waals surface area (Å²) in [5.74, 6) is 1.08. The molecule has 0 saturated carbocycles. The first kappa shape index (κ1) is 23.9. The minimum Gasteiger partial charge on any atom is -0.147 e. The fourth-order valence-corrected chi connectivity index (χ4v) is 8.93. The van der Waals surface area contributed by atoms with E-state index in [0.717, 1.165) is 6.42 Å². The molecule has 0 saturated heterocycles. The van der Waals surface area contributed by atoms with Crippen molar-refractivity contribution in [3.8, 4) is 0 Å². The largest absolute Gasteiger partial charge is 0.147 e. The van der Waals surface area contributed by atoms with Crippen LogP contribution in [-0.4, -0.2) is 0 Å². The Labute approximate surface area is 226 Å². The van der Waals surface area contributed by atoms with Gasteiger partial charge in [-0.1, -0.05) is 83.1 Å². The van der Waals surface area contributed by atoms with Gasteiger partial charge in [-0.3, -0.25) is 0 Å². The lowest BCUT2D eigenvalue weighted by Crippen LogP contribution is -2.17. The van der Waals surface area contributed by atoms with Crippen LogP contribution in [0.25, 0.3) is 30.9 Å². The standard InChI is InChI=1S/C33H32S3/c1-20(2)28-19-34-31-15-22(10-13-27(28)31)14-21(3)29-16-23-11-12-25(17-30(23)36-29)33(4,5)32-26-9-7-6-8-24(26)18-35-32/h6-13,15-21H,14H2,1-5H3. The number of rotatable bonds is 6. The second-order valence-electron chi connectivity index (χ2n) is 11.0. The molecule has 36 heavy (non-hydrogen) atoms. The molecule has 0 nitrogen and oxygen atoms in total. The molecular weight excluding hydrogens is 493 g/mol. The summed E-state index contributed by atoms with van der Waals surface area (Å²) in [6.45, 7) is 11.7. The highest BCUT2D eigenvalue weighted by Crippen LogP contribution is 2.42. The summed E-state index contributed by atoms with van der Waals surface area (Å²) in [7, 11) is 0. The molecule has 0 aliphatic heterocycles. The Morgan fingerprint density at radius 1 is 0.750 bits per heavy atom. The first-order chi connectivity index (χ1) is 17.3. The number of hydrogen-bond donors (Lipinski definition) is 0. The molecule has 6 aromatic rings. The van der Waals surface area contributed by atoms with Crippen LogP contribution in [0.4, 0.5) is 0 Å². The summed E-state index contributed by atoms with van der Waals surface area (Å²) >= 11 is 5.75. The first-order valence-corrected chi connectivity index (χ1v) is 15.4. The maximum absolute atomic E-state index is 2.44. The molecule has 1 unspecified atom stereocenters. The molecule has 182 valence electrons. The van der Waals surface area contributed by atoms with Crippen molar-refractivity contribution >= 4 is 65.0 Å². The fourth-order valence-electron chi connectivity index (χ4n) is 5.41. The summed E-state index contributed by atoms with van der Waals surface area (Å²) in [5.41, 5.74) is 4.29. The van der Waals surface area contributed by atoms with Gasteiger partial charge in [0.1, 0.15) is 0 Å². The maximum atomic E-state index is 2.44. The highest BCUT2D eigenvalue weighted by Gasteiger charge is 2.27. The van der Waals surface area contributed by atoms with Crippen molar-refractivity contribution in [3.63, 3.8) is 0 Å². The monoisotopic (exact) mass is 524 g/mol. The smallest absolute Gasteiger partial charge is 0.0348 e. The van der Waals surface area contributed by atoms with E-state index in [0.29, 0.717) is 11.8 Å². The molecule has 3 aromatic carbocycles.